The molecule has 0 bridgehead atoms. The van der Waals surface area contributed by atoms with Crippen LogP contribution in [0.2, 0.25) is 0 Å². The number of alkyl carbamates (subject to hydrolysis) is 1. The minimum absolute atomic E-state index is 0.0908. The number of aliphatic hydroxyl groups excluding tert-OH is 1. The number of nitrogens with one attached hydrogen (secondary N) is 2. The van der Waals surface area contributed by atoms with Crippen molar-refractivity contribution < 1.29 is 42.5 Å². The fourth-order valence-corrected chi connectivity index (χ4v) is 2.82. The number of rotatable bonds is 9. The number of carboxylic acid groups (broad SMARTS) is 1. The summed E-state index contributed by atoms with van der Waals surface area (Å²) in [5.41, 5.74) is 0.0299. The Labute approximate surface area is 187 Å². The van der Waals surface area contributed by atoms with Gasteiger partial charge in [-0.3, -0.25) is 4.79 Å². The van der Waals surface area contributed by atoms with Crippen LogP contribution < -0.4 is 10.6 Å². The lowest BCUT2D eigenvalue weighted by atomic mass is 10.0. The molecule has 11 heteroatoms. The van der Waals surface area contributed by atoms with Gasteiger partial charge in [0, 0.05) is 6.42 Å². The zero-order valence-electron chi connectivity index (χ0n) is 17.5. The summed E-state index contributed by atoms with van der Waals surface area (Å²) in [6.07, 6.45) is -7.25. The van der Waals surface area contributed by atoms with Gasteiger partial charge in [0.05, 0.1) is 11.7 Å². The normalized spacial score (nSPS) is 14.0. The van der Waals surface area contributed by atoms with Crippen molar-refractivity contribution in [1.29, 1.82) is 0 Å². The highest BCUT2D eigenvalue weighted by molar-refractivity contribution is 5.89. The zero-order chi connectivity index (χ0) is 24.6. The van der Waals surface area contributed by atoms with Crippen molar-refractivity contribution in [2.24, 2.45) is 0 Å². The molecule has 2 amide bonds. The van der Waals surface area contributed by atoms with Gasteiger partial charge in [0.25, 0.3) is 0 Å². The molecular formula is C22H23F3N2O6. The quantitative estimate of drug-likeness (QED) is 0.448. The highest BCUT2D eigenvalue weighted by atomic mass is 19.4. The molecule has 0 fully saturated rings. The second-order valence-electron chi connectivity index (χ2n) is 7.22. The molecule has 2 aromatic rings. The number of carbonyl (C=O) groups excluding carboxylic acids is 2. The number of alkyl halides is 3. The molecule has 33 heavy (non-hydrogen) atoms. The average molecular weight is 468 g/mol. The van der Waals surface area contributed by atoms with E-state index < -0.39 is 47.9 Å². The Bertz CT molecular complexity index is 949. The molecule has 3 atom stereocenters. The van der Waals surface area contributed by atoms with E-state index in [0.29, 0.717) is 5.56 Å². The Morgan fingerprint density at radius 2 is 1.58 bits per heavy atom. The molecule has 2 rings (SSSR count). The first kappa shape index (κ1) is 25.7. The number of aliphatic carboxylic acids is 1. The Hall–Kier alpha value is -3.60. The number of amides is 2. The van der Waals surface area contributed by atoms with Crippen molar-refractivity contribution in [1.82, 2.24) is 10.6 Å². The van der Waals surface area contributed by atoms with Crippen LogP contribution in [0.15, 0.2) is 54.6 Å². The maximum absolute atomic E-state index is 12.7. The van der Waals surface area contributed by atoms with Gasteiger partial charge in [-0.2, -0.15) is 13.2 Å². The number of carbonyl (C=O) groups is 3. The first-order chi connectivity index (χ1) is 15.5. The molecule has 0 radical (unpaired) electrons. The SMILES string of the molecule is C[C@@H](O)[C@H](NC(=O)OCc1ccccc1)C(=O)N[C@H](Cc1ccc(C(F)(F)F)cc1)C(=O)O. The molecule has 0 heterocycles. The fourth-order valence-electron chi connectivity index (χ4n) is 2.82. The number of aliphatic hydroxyl groups is 1. The van der Waals surface area contributed by atoms with Crippen molar-refractivity contribution in [3.05, 3.63) is 71.3 Å². The zero-order valence-corrected chi connectivity index (χ0v) is 17.5. The molecule has 0 saturated heterocycles. The van der Waals surface area contributed by atoms with Crippen LogP contribution in [0.5, 0.6) is 0 Å². The van der Waals surface area contributed by atoms with Crippen LogP contribution >= 0.6 is 0 Å². The highest BCUT2D eigenvalue weighted by Crippen LogP contribution is 2.29. The third kappa shape index (κ3) is 8.11. The number of ether oxygens (including phenoxy) is 1. The van der Waals surface area contributed by atoms with Gasteiger partial charge >= 0.3 is 18.2 Å². The Balaban J connectivity index is 2.00. The second kappa shape index (κ2) is 11.3. The van der Waals surface area contributed by atoms with Crippen LogP contribution in [-0.4, -0.2) is 46.4 Å². The summed E-state index contributed by atoms with van der Waals surface area (Å²) in [6, 6.07) is 9.47. The summed E-state index contributed by atoms with van der Waals surface area (Å²) < 4.78 is 43.0. The minimum atomic E-state index is -4.54. The summed E-state index contributed by atoms with van der Waals surface area (Å²) in [6.45, 7) is 1.12. The van der Waals surface area contributed by atoms with Crippen molar-refractivity contribution >= 4 is 18.0 Å². The first-order valence-electron chi connectivity index (χ1n) is 9.82. The summed E-state index contributed by atoms with van der Waals surface area (Å²) in [5.74, 6) is -2.44. The molecule has 0 spiro atoms. The number of hydrogen-bond acceptors (Lipinski definition) is 5. The monoisotopic (exact) mass is 468 g/mol. The van der Waals surface area contributed by atoms with Gasteiger partial charge in [0.1, 0.15) is 18.7 Å². The Kier molecular flexibility index (Phi) is 8.80. The fraction of sp³-hybridized carbons (Fsp3) is 0.318. The van der Waals surface area contributed by atoms with E-state index in [1.165, 1.54) is 6.92 Å². The van der Waals surface area contributed by atoms with E-state index in [1.807, 2.05) is 0 Å². The summed E-state index contributed by atoms with van der Waals surface area (Å²) in [7, 11) is 0. The summed E-state index contributed by atoms with van der Waals surface area (Å²) in [5, 5.41) is 23.6. The summed E-state index contributed by atoms with van der Waals surface area (Å²) >= 11 is 0. The number of hydrogen-bond donors (Lipinski definition) is 4. The summed E-state index contributed by atoms with van der Waals surface area (Å²) in [4.78, 5) is 36.1. The highest BCUT2D eigenvalue weighted by Gasteiger charge is 2.32. The van der Waals surface area contributed by atoms with Crippen LogP contribution in [0.4, 0.5) is 18.0 Å². The Morgan fingerprint density at radius 1 is 0.970 bits per heavy atom. The number of benzene rings is 2. The maximum atomic E-state index is 12.7. The molecule has 0 aliphatic carbocycles. The van der Waals surface area contributed by atoms with E-state index in [2.05, 4.69) is 10.6 Å². The predicted molar refractivity (Wildman–Crippen MR) is 110 cm³/mol. The lowest BCUT2D eigenvalue weighted by molar-refractivity contribution is -0.142. The molecule has 8 nitrogen and oxygen atoms in total. The van der Waals surface area contributed by atoms with E-state index >= 15 is 0 Å². The van der Waals surface area contributed by atoms with E-state index in [1.54, 1.807) is 30.3 Å². The van der Waals surface area contributed by atoms with Crippen LogP contribution in [-0.2, 0) is 33.5 Å². The number of halogens is 3. The van der Waals surface area contributed by atoms with Gasteiger partial charge in [0.15, 0.2) is 0 Å². The van der Waals surface area contributed by atoms with E-state index in [4.69, 9.17) is 4.74 Å². The molecule has 4 N–H and O–H groups in total. The minimum Gasteiger partial charge on any atom is -0.480 e. The van der Waals surface area contributed by atoms with Gasteiger partial charge in [-0.05, 0) is 30.2 Å². The van der Waals surface area contributed by atoms with Crippen molar-refractivity contribution in [2.45, 2.75) is 44.3 Å². The van der Waals surface area contributed by atoms with Crippen LogP contribution in [0.1, 0.15) is 23.6 Å². The first-order valence-corrected chi connectivity index (χ1v) is 9.82. The third-order valence-electron chi connectivity index (χ3n) is 4.59. The van der Waals surface area contributed by atoms with Crippen LogP contribution in [0.3, 0.4) is 0 Å². The Morgan fingerprint density at radius 3 is 2.09 bits per heavy atom. The predicted octanol–water partition coefficient (Wildman–Crippen LogP) is 2.49. The second-order valence-corrected chi connectivity index (χ2v) is 7.22. The molecule has 178 valence electrons. The topological polar surface area (TPSA) is 125 Å². The van der Waals surface area contributed by atoms with Gasteiger partial charge < -0.3 is 25.6 Å². The molecule has 2 aromatic carbocycles. The molecule has 0 aromatic heterocycles. The largest absolute Gasteiger partial charge is 0.480 e. The smallest absolute Gasteiger partial charge is 0.416 e. The van der Waals surface area contributed by atoms with Gasteiger partial charge in [0.2, 0.25) is 5.91 Å². The van der Waals surface area contributed by atoms with Crippen molar-refractivity contribution in [2.75, 3.05) is 0 Å². The van der Waals surface area contributed by atoms with E-state index in [9.17, 15) is 37.8 Å². The lowest BCUT2D eigenvalue weighted by Gasteiger charge is -2.23. The third-order valence-corrected chi connectivity index (χ3v) is 4.59. The number of carboxylic acids is 1. The van der Waals surface area contributed by atoms with E-state index in [-0.39, 0.29) is 18.6 Å². The standard InChI is InChI=1S/C22H23F3N2O6/c1-13(28)18(27-21(32)33-12-15-5-3-2-4-6-15)19(29)26-17(20(30)31)11-14-7-9-16(10-8-14)22(23,24)25/h2-10,13,17-18,28H,11-12H2,1H3,(H,26,29)(H,27,32)(H,30,31)/t13-,17-,18+/m1/s1. The van der Waals surface area contributed by atoms with Gasteiger partial charge in [-0.1, -0.05) is 42.5 Å². The molecule has 0 saturated carbocycles. The van der Waals surface area contributed by atoms with Crippen molar-refractivity contribution in [3.63, 3.8) is 0 Å². The van der Waals surface area contributed by atoms with Gasteiger partial charge in [-0.25, -0.2) is 9.59 Å². The van der Waals surface area contributed by atoms with Crippen LogP contribution in [0, 0.1) is 0 Å². The molecular weight excluding hydrogens is 445 g/mol. The lowest BCUT2D eigenvalue weighted by Crippen LogP contribution is -2.56. The van der Waals surface area contributed by atoms with Crippen LogP contribution in [0.25, 0.3) is 0 Å². The average Bonchev–Trinajstić information content (AvgIpc) is 2.75. The maximum Gasteiger partial charge on any atom is 0.416 e. The molecule has 0 aliphatic heterocycles. The van der Waals surface area contributed by atoms with Gasteiger partial charge in [-0.15, -0.1) is 0 Å². The van der Waals surface area contributed by atoms with Crippen molar-refractivity contribution in [3.8, 4) is 0 Å². The molecule has 0 aliphatic rings. The van der Waals surface area contributed by atoms with E-state index in [0.717, 1.165) is 24.3 Å². The molecule has 0 unspecified atom stereocenters.